The van der Waals surface area contributed by atoms with Crippen LogP contribution in [0.25, 0.3) is 6.08 Å². The van der Waals surface area contributed by atoms with Crippen molar-refractivity contribution >= 4 is 15.9 Å². The molecule has 0 saturated heterocycles. The van der Waals surface area contributed by atoms with Gasteiger partial charge in [0.1, 0.15) is 9.84 Å². The molecule has 0 fully saturated rings. The summed E-state index contributed by atoms with van der Waals surface area (Å²) in [6, 6.07) is 10.0. The summed E-state index contributed by atoms with van der Waals surface area (Å²) < 4.78 is 27.1. The van der Waals surface area contributed by atoms with Crippen molar-refractivity contribution in [1.29, 1.82) is 0 Å². The van der Waals surface area contributed by atoms with Crippen LogP contribution in [0.2, 0.25) is 0 Å². The Bertz CT molecular complexity index is 469. The zero-order valence-corrected chi connectivity index (χ0v) is 12.0. The number of benzene rings is 1. The van der Waals surface area contributed by atoms with Gasteiger partial charge in [0.15, 0.2) is 0 Å². The highest BCUT2D eigenvalue weighted by atomic mass is 32.2. The van der Waals surface area contributed by atoms with E-state index in [1.165, 1.54) is 6.26 Å². The minimum atomic E-state index is -2.87. The standard InChI is InChI=1S/C14H21NO3S/c1-19(16,17)13-10-15-9-12-18-11-5-8-14-6-3-2-4-7-14/h2-8,15H,9-13H2,1H3. The van der Waals surface area contributed by atoms with E-state index in [1.54, 1.807) is 0 Å². The van der Waals surface area contributed by atoms with Crippen LogP contribution in [0.1, 0.15) is 5.56 Å². The van der Waals surface area contributed by atoms with Crippen molar-refractivity contribution in [2.75, 3.05) is 38.3 Å². The summed E-state index contributed by atoms with van der Waals surface area (Å²) in [5, 5.41) is 3.02. The Kier molecular flexibility index (Phi) is 7.40. The lowest BCUT2D eigenvalue weighted by Crippen LogP contribution is -2.25. The number of ether oxygens (including phenoxy) is 1. The number of nitrogens with one attached hydrogen (secondary N) is 1. The Hall–Kier alpha value is -1.17. The fourth-order valence-electron chi connectivity index (χ4n) is 1.43. The van der Waals surface area contributed by atoms with E-state index >= 15 is 0 Å². The van der Waals surface area contributed by atoms with Gasteiger partial charge in [-0.2, -0.15) is 0 Å². The maximum Gasteiger partial charge on any atom is 0.148 e. The lowest BCUT2D eigenvalue weighted by molar-refractivity contribution is 0.165. The van der Waals surface area contributed by atoms with Crippen molar-refractivity contribution in [3.63, 3.8) is 0 Å². The van der Waals surface area contributed by atoms with Gasteiger partial charge in [0, 0.05) is 19.3 Å². The molecule has 19 heavy (non-hydrogen) atoms. The smallest absolute Gasteiger partial charge is 0.148 e. The lowest BCUT2D eigenvalue weighted by atomic mass is 10.2. The van der Waals surface area contributed by atoms with Crippen molar-refractivity contribution in [1.82, 2.24) is 5.32 Å². The van der Waals surface area contributed by atoms with Crippen molar-refractivity contribution < 1.29 is 13.2 Å². The molecular formula is C14H21NO3S. The molecular weight excluding hydrogens is 262 g/mol. The molecule has 1 N–H and O–H groups in total. The molecule has 0 unspecified atom stereocenters. The van der Waals surface area contributed by atoms with Crippen LogP contribution in [0, 0.1) is 0 Å². The molecule has 106 valence electrons. The summed E-state index contributed by atoms with van der Waals surface area (Å²) >= 11 is 0. The summed E-state index contributed by atoms with van der Waals surface area (Å²) in [6.45, 7) is 2.27. The number of rotatable bonds is 9. The number of sulfone groups is 1. The third-order valence-corrected chi connectivity index (χ3v) is 3.34. The first-order valence-electron chi connectivity index (χ1n) is 6.26. The lowest BCUT2D eigenvalue weighted by Gasteiger charge is -2.03. The van der Waals surface area contributed by atoms with Crippen molar-refractivity contribution in [3.8, 4) is 0 Å². The van der Waals surface area contributed by atoms with Crippen LogP contribution in [0.5, 0.6) is 0 Å². The molecule has 0 bridgehead atoms. The molecule has 0 aliphatic heterocycles. The van der Waals surface area contributed by atoms with Gasteiger partial charge in [-0.1, -0.05) is 42.5 Å². The maximum atomic E-state index is 10.9. The Morgan fingerprint density at radius 1 is 1.21 bits per heavy atom. The minimum Gasteiger partial charge on any atom is -0.376 e. The van der Waals surface area contributed by atoms with Crippen LogP contribution in [-0.2, 0) is 14.6 Å². The number of hydrogen-bond acceptors (Lipinski definition) is 4. The van der Waals surface area contributed by atoms with E-state index in [9.17, 15) is 8.42 Å². The second-order valence-electron chi connectivity index (χ2n) is 4.27. The van der Waals surface area contributed by atoms with Crippen molar-refractivity contribution in [2.24, 2.45) is 0 Å². The molecule has 0 saturated carbocycles. The highest BCUT2D eigenvalue weighted by Gasteiger charge is 1.99. The predicted octanol–water partition coefficient (Wildman–Crippen LogP) is 1.35. The monoisotopic (exact) mass is 283 g/mol. The van der Waals surface area contributed by atoms with Crippen LogP contribution in [0.4, 0.5) is 0 Å². The fraction of sp³-hybridized carbons (Fsp3) is 0.429. The van der Waals surface area contributed by atoms with E-state index in [0.29, 0.717) is 26.3 Å². The van der Waals surface area contributed by atoms with Crippen LogP contribution < -0.4 is 5.32 Å². The molecule has 0 atom stereocenters. The summed E-state index contributed by atoms with van der Waals surface area (Å²) in [5.74, 6) is 0.168. The predicted molar refractivity (Wildman–Crippen MR) is 78.9 cm³/mol. The van der Waals surface area contributed by atoms with E-state index in [2.05, 4.69) is 5.32 Å². The molecule has 0 aliphatic rings. The Morgan fingerprint density at radius 2 is 1.95 bits per heavy atom. The van der Waals surface area contributed by atoms with Crippen LogP contribution in [-0.4, -0.2) is 46.7 Å². The molecule has 0 heterocycles. The third kappa shape index (κ3) is 9.41. The third-order valence-electron chi connectivity index (χ3n) is 2.40. The van der Waals surface area contributed by atoms with E-state index in [-0.39, 0.29) is 5.75 Å². The van der Waals surface area contributed by atoms with Gasteiger partial charge in [-0.3, -0.25) is 0 Å². The molecule has 4 nitrogen and oxygen atoms in total. The van der Waals surface area contributed by atoms with E-state index in [1.807, 2.05) is 42.5 Å². The summed E-state index contributed by atoms with van der Waals surface area (Å²) in [7, 11) is -2.87. The minimum absolute atomic E-state index is 0.168. The normalized spacial score (nSPS) is 12.1. The van der Waals surface area contributed by atoms with Crippen LogP contribution >= 0.6 is 0 Å². The molecule has 0 aliphatic carbocycles. The quantitative estimate of drug-likeness (QED) is 0.695. The van der Waals surface area contributed by atoms with Crippen LogP contribution in [0.3, 0.4) is 0 Å². The molecule has 0 amide bonds. The van der Waals surface area contributed by atoms with Crippen molar-refractivity contribution in [3.05, 3.63) is 42.0 Å². The Labute approximate surface area is 115 Å². The van der Waals surface area contributed by atoms with Gasteiger partial charge < -0.3 is 10.1 Å². The zero-order valence-electron chi connectivity index (χ0n) is 11.2. The molecule has 1 aromatic rings. The second kappa shape index (κ2) is 8.85. The molecule has 1 rings (SSSR count). The van der Waals surface area contributed by atoms with E-state index in [0.717, 1.165) is 5.56 Å². The molecule has 0 aromatic heterocycles. The SMILES string of the molecule is CS(=O)(=O)CCNCCOCC=Cc1ccccc1. The Morgan fingerprint density at radius 3 is 2.63 bits per heavy atom. The van der Waals surface area contributed by atoms with E-state index in [4.69, 9.17) is 4.74 Å². The van der Waals surface area contributed by atoms with Gasteiger partial charge in [0.25, 0.3) is 0 Å². The highest BCUT2D eigenvalue weighted by Crippen LogP contribution is 2.00. The van der Waals surface area contributed by atoms with E-state index < -0.39 is 9.84 Å². The summed E-state index contributed by atoms with van der Waals surface area (Å²) in [4.78, 5) is 0. The average Bonchev–Trinajstić information content (AvgIpc) is 2.37. The highest BCUT2D eigenvalue weighted by molar-refractivity contribution is 7.90. The first kappa shape index (κ1) is 15.9. The van der Waals surface area contributed by atoms with Gasteiger partial charge in [0.2, 0.25) is 0 Å². The zero-order chi connectivity index (χ0) is 14.0. The van der Waals surface area contributed by atoms with Gasteiger partial charge in [-0.25, -0.2) is 8.42 Å². The molecule has 1 aromatic carbocycles. The largest absolute Gasteiger partial charge is 0.376 e. The molecule has 5 heteroatoms. The topological polar surface area (TPSA) is 55.4 Å². The maximum absolute atomic E-state index is 10.9. The summed E-state index contributed by atoms with van der Waals surface area (Å²) in [5.41, 5.74) is 1.15. The van der Waals surface area contributed by atoms with Gasteiger partial charge in [-0.05, 0) is 5.56 Å². The molecule has 0 radical (unpaired) electrons. The fourth-order valence-corrected chi connectivity index (χ4v) is 1.94. The van der Waals surface area contributed by atoms with Crippen molar-refractivity contribution in [2.45, 2.75) is 0 Å². The molecule has 0 spiro atoms. The summed E-state index contributed by atoms with van der Waals surface area (Å²) in [6.07, 6.45) is 5.21. The van der Waals surface area contributed by atoms with Gasteiger partial charge >= 0.3 is 0 Å². The first-order valence-corrected chi connectivity index (χ1v) is 8.32. The Balaban J connectivity index is 1.98. The number of hydrogen-bond donors (Lipinski definition) is 1. The van der Waals surface area contributed by atoms with Crippen LogP contribution in [0.15, 0.2) is 36.4 Å². The first-order chi connectivity index (χ1) is 9.08. The second-order valence-corrected chi connectivity index (χ2v) is 6.53. The van der Waals surface area contributed by atoms with Gasteiger partial charge in [-0.15, -0.1) is 0 Å². The average molecular weight is 283 g/mol. The van der Waals surface area contributed by atoms with Gasteiger partial charge in [0.05, 0.1) is 19.0 Å².